The average molecular weight is 256 g/mol. The van der Waals surface area contributed by atoms with Gasteiger partial charge in [-0.15, -0.1) is 0 Å². The summed E-state index contributed by atoms with van der Waals surface area (Å²) < 4.78 is 5.56. The number of nitrogens with one attached hydrogen (secondary N) is 1. The van der Waals surface area contributed by atoms with Crippen molar-refractivity contribution in [3.05, 3.63) is 0 Å². The third-order valence-corrected chi connectivity index (χ3v) is 3.60. The van der Waals surface area contributed by atoms with E-state index in [1.807, 2.05) is 18.7 Å². The maximum absolute atomic E-state index is 12.3. The summed E-state index contributed by atoms with van der Waals surface area (Å²) in [5, 5.41) is 3.39. The molecule has 1 rings (SSSR count). The summed E-state index contributed by atoms with van der Waals surface area (Å²) in [6, 6.07) is 0.0718. The minimum absolute atomic E-state index is 0.0831. The zero-order valence-corrected chi connectivity index (χ0v) is 12.6. The van der Waals surface area contributed by atoms with Crippen LogP contribution in [0.2, 0.25) is 0 Å². The second-order valence-electron chi connectivity index (χ2n) is 5.79. The summed E-state index contributed by atoms with van der Waals surface area (Å²) in [6.07, 6.45) is 0.125. The number of amides is 1. The van der Waals surface area contributed by atoms with Crippen LogP contribution in [0.5, 0.6) is 0 Å². The van der Waals surface area contributed by atoms with Crippen molar-refractivity contribution in [2.45, 2.75) is 59.8 Å². The van der Waals surface area contributed by atoms with Gasteiger partial charge in [0.05, 0.1) is 24.9 Å². The Morgan fingerprint density at radius 3 is 2.39 bits per heavy atom. The summed E-state index contributed by atoms with van der Waals surface area (Å²) in [7, 11) is 0. The van der Waals surface area contributed by atoms with E-state index >= 15 is 0 Å². The van der Waals surface area contributed by atoms with E-state index in [0.717, 1.165) is 0 Å². The van der Waals surface area contributed by atoms with Crippen molar-refractivity contribution in [2.24, 2.45) is 11.8 Å². The van der Waals surface area contributed by atoms with Crippen LogP contribution in [0.4, 0.5) is 0 Å². The first-order valence-corrected chi connectivity index (χ1v) is 7.06. The molecule has 1 aliphatic heterocycles. The SMILES string of the molecule is CCOCC(C(C)C)N1C(=O)C(C)NC1C(C)C. The molecule has 1 heterocycles. The van der Waals surface area contributed by atoms with Crippen LogP contribution in [0.1, 0.15) is 41.5 Å². The second-order valence-corrected chi connectivity index (χ2v) is 5.79. The lowest BCUT2D eigenvalue weighted by Gasteiger charge is -2.36. The molecule has 1 saturated heterocycles. The predicted molar refractivity (Wildman–Crippen MR) is 73.2 cm³/mol. The molecule has 4 heteroatoms. The fraction of sp³-hybridized carbons (Fsp3) is 0.929. The number of nitrogens with zero attached hydrogens (tertiary/aromatic N) is 1. The number of carbonyl (C=O) groups excluding carboxylic acids is 1. The Morgan fingerprint density at radius 2 is 1.94 bits per heavy atom. The van der Waals surface area contributed by atoms with E-state index in [2.05, 4.69) is 33.0 Å². The van der Waals surface area contributed by atoms with Crippen LogP contribution >= 0.6 is 0 Å². The molecule has 4 nitrogen and oxygen atoms in total. The zero-order chi connectivity index (χ0) is 13.9. The topological polar surface area (TPSA) is 41.6 Å². The van der Waals surface area contributed by atoms with Crippen molar-refractivity contribution in [1.82, 2.24) is 10.2 Å². The Hall–Kier alpha value is -0.610. The number of carbonyl (C=O) groups is 1. The van der Waals surface area contributed by atoms with Crippen molar-refractivity contribution in [3.63, 3.8) is 0 Å². The smallest absolute Gasteiger partial charge is 0.241 e. The largest absolute Gasteiger partial charge is 0.380 e. The number of rotatable bonds is 6. The monoisotopic (exact) mass is 256 g/mol. The fourth-order valence-corrected chi connectivity index (χ4v) is 2.48. The first kappa shape index (κ1) is 15.4. The van der Waals surface area contributed by atoms with Gasteiger partial charge in [-0.3, -0.25) is 10.1 Å². The van der Waals surface area contributed by atoms with Gasteiger partial charge in [0.25, 0.3) is 0 Å². The molecule has 106 valence electrons. The predicted octanol–water partition coefficient (Wildman–Crippen LogP) is 1.85. The Labute approximate surface area is 111 Å². The zero-order valence-electron chi connectivity index (χ0n) is 12.6. The van der Waals surface area contributed by atoms with Gasteiger partial charge in [-0.2, -0.15) is 0 Å². The third-order valence-electron chi connectivity index (χ3n) is 3.60. The molecule has 3 unspecified atom stereocenters. The Kier molecular flexibility index (Phi) is 5.60. The second kappa shape index (κ2) is 6.53. The molecule has 0 spiro atoms. The Balaban J connectivity index is 2.88. The van der Waals surface area contributed by atoms with Gasteiger partial charge in [0.2, 0.25) is 5.91 Å². The van der Waals surface area contributed by atoms with Crippen LogP contribution < -0.4 is 5.32 Å². The van der Waals surface area contributed by atoms with E-state index in [1.165, 1.54) is 0 Å². The maximum Gasteiger partial charge on any atom is 0.241 e. The molecule has 0 aliphatic carbocycles. The highest BCUT2D eigenvalue weighted by Gasteiger charge is 2.42. The molecule has 1 aliphatic rings. The van der Waals surface area contributed by atoms with Crippen molar-refractivity contribution in [2.75, 3.05) is 13.2 Å². The average Bonchev–Trinajstić information content (AvgIpc) is 2.57. The van der Waals surface area contributed by atoms with Gasteiger partial charge in [0.1, 0.15) is 0 Å². The van der Waals surface area contributed by atoms with Crippen molar-refractivity contribution in [1.29, 1.82) is 0 Å². The van der Waals surface area contributed by atoms with Gasteiger partial charge < -0.3 is 9.64 Å². The molecule has 0 bridgehead atoms. The summed E-state index contributed by atoms with van der Waals surface area (Å²) in [4.78, 5) is 14.3. The molecule has 1 fully saturated rings. The standard InChI is InChI=1S/C14H28N2O2/c1-7-18-8-12(9(2)3)16-13(10(4)5)15-11(6)14(16)17/h9-13,15H,7-8H2,1-6H3. The molecule has 0 radical (unpaired) electrons. The summed E-state index contributed by atoms with van der Waals surface area (Å²) in [5.74, 6) is 1.00. The lowest BCUT2D eigenvalue weighted by molar-refractivity contribution is -0.135. The van der Waals surface area contributed by atoms with Crippen LogP contribution in [0, 0.1) is 11.8 Å². The third kappa shape index (κ3) is 3.23. The van der Waals surface area contributed by atoms with Gasteiger partial charge >= 0.3 is 0 Å². The first-order valence-electron chi connectivity index (χ1n) is 7.06. The van der Waals surface area contributed by atoms with E-state index in [1.54, 1.807) is 0 Å². The fourth-order valence-electron chi connectivity index (χ4n) is 2.48. The number of hydrogen-bond acceptors (Lipinski definition) is 3. The van der Waals surface area contributed by atoms with Crippen LogP contribution in [0.3, 0.4) is 0 Å². The highest BCUT2D eigenvalue weighted by Crippen LogP contribution is 2.24. The van der Waals surface area contributed by atoms with Crippen LogP contribution in [0.15, 0.2) is 0 Å². The number of hydrogen-bond donors (Lipinski definition) is 1. The van der Waals surface area contributed by atoms with Crippen molar-refractivity contribution in [3.8, 4) is 0 Å². The van der Waals surface area contributed by atoms with Gasteiger partial charge in [0.15, 0.2) is 0 Å². The van der Waals surface area contributed by atoms with Crippen LogP contribution in [-0.4, -0.2) is 42.3 Å². The Morgan fingerprint density at radius 1 is 1.33 bits per heavy atom. The molecule has 3 atom stereocenters. The summed E-state index contributed by atoms with van der Waals surface area (Å²) in [6.45, 7) is 13.8. The van der Waals surface area contributed by atoms with Gasteiger partial charge in [0, 0.05) is 6.61 Å². The van der Waals surface area contributed by atoms with Gasteiger partial charge in [-0.25, -0.2) is 0 Å². The van der Waals surface area contributed by atoms with E-state index in [4.69, 9.17) is 4.74 Å². The molecule has 0 aromatic rings. The van der Waals surface area contributed by atoms with Crippen LogP contribution in [0.25, 0.3) is 0 Å². The number of ether oxygens (including phenoxy) is 1. The van der Waals surface area contributed by atoms with Gasteiger partial charge in [-0.05, 0) is 25.7 Å². The highest BCUT2D eigenvalue weighted by molar-refractivity contribution is 5.84. The van der Waals surface area contributed by atoms with E-state index in [-0.39, 0.29) is 24.2 Å². The lowest BCUT2D eigenvalue weighted by Crippen LogP contribution is -2.51. The summed E-state index contributed by atoms with van der Waals surface area (Å²) in [5.41, 5.74) is 0. The van der Waals surface area contributed by atoms with Gasteiger partial charge in [-0.1, -0.05) is 27.7 Å². The first-order chi connectivity index (χ1) is 8.40. The molecule has 0 saturated carbocycles. The van der Waals surface area contributed by atoms with E-state index in [9.17, 15) is 4.79 Å². The molecule has 1 amide bonds. The molecule has 0 aromatic heterocycles. The normalized spacial score (nSPS) is 26.4. The van der Waals surface area contributed by atoms with Crippen molar-refractivity contribution < 1.29 is 9.53 Å². The maximum atomic E-state index is 12.3. The van der Waals surface area contributed by atoms with E-state index < -0.39 is 0 Å². The summed E-state index contributed by atoms with van der Waals surface area (Å²) >= 11 is 0. The van der Waals surface area contributed by atoms with Crippen molar-refractivity contribution >= 4 is 5.91 Å². The van der Waals surface area contributed by atoms with Crippen LogP contribution in [-0.2, 0) is 9.53 Å². The molecule has 1 N–H and O–H groups in total. The molecular formula is C14H28N2O2. The minimum Gasteiger partial charge on any atom is -0.380 e. The van der Waals surface area contributed by atoms with E-state index in [0.29, 0.717) is 25.0 Å². The highest BCUT2D eigenvalue weighted by atomic mass is 16.5. The molecule has 18 heavy (non-hydrogen) atoms. The minimum atomic E-state index is -0.0831. The molecule has 0 aromatic carbocycles. The Bertz CT molecular complexity index is 279. The molecular weight excluding hydrogens is 228 g/mol. The quantitative estimate of drug-likeness (QED) is 0.788. The lowest BCUT2D eigenvalue weighted by atomic mass is 10.0.